The zero-order chi connectivity index (χ0) is 15.5. The molecule has 4 heteroatoms. The molecule has 3 rings (SSSR count). The summed E-state index contributed by atoms with van der Waals surface area (Å²) in [6.07, 6.45) is 0. The molecule has 1 heterocycles. The van der Waals surface area contributed by atoms with Crippen molar-refractivity contribution < 1.29 is 4.79 Å². The first-order chi connectivity index (χ1) is 10.7. The molecule has 3 aromatic rings. The molecule has 0 aliphatic carbocycles. The zero-order valence-corrected chi connectivity index (χ0v) is 12.7. The maximum Gasteiger partial charge on any atom is 0.182 e. The lowest BCUT2D eigenvalue weighted by molar-refractivity contribution is 0.101. The molecule has 0 aliphatic rings. The van der Waals surface area contributed by atoms with Gasteiger partial charge in [-0.3, -0.25) is 4.79 Å². The van der Waals surface area contributed by atoms with Crippen LogP contribution in [0.15, 0.2) is 54.6 Å². The first kappa shape index (κ1) is 14.2. The van der Waals surface area contributed by atoms with E-state index in [1.807, 2.05) is 42.5 Å². The van der Waals surface area contributed by atoms with Crippen LogP contribution in [0.3, 0.4) is 0 Å². The van der Waals surface area contributed by atoms with Crippen molar-refractivity contribution in [3.8, 4) is 11.3 Å². The van der Waals surface area contributed by atoms with E-state index >= 15 is 0 Å². The number of ketones is 1. The van der Waals surface area contributed by atoms with Crippen LogP contribution < -0.4 is 0 Å². The summed E-state index contributed by atoms with van der Waals surface area (Å²) in [5, 5.41) is 8.28. The first-order valence-corrected chi connectivity index (χ1v) is 7.21. The number of hydrogen-bond donors (Lipinski definition) is 0. The predicted molar refractivity (Wildman–Crippen MR) is 85.7 cm³/mol. The second-order valence-electron chi connectivity index (χ2n) is 5.29. The van der Waals surface area contributed by atoms with Gasteiger partial charge in [-0.2, -0.15) is 0 Å². The second-order valence-corrected chi connectivity index (χ2v) is 5.29. The van der Waals surface area contributed by atoms with Crippen LogP contribution in [0.5, 0.6) is 0 Å². The van der Waals surface area contributed by atoms with Crippen molar-refractivity contribution in [2.45, 2.75) is 20.4 Å². The van der Waals surface area contributed by atoms with Gasteiger partial charge in [-0.15, -0.1) is 5.10 Å². The Bertz CT molecular complexity index is 806. The smallest absolute Gasteiger partial charge is 0.182 e. The van der Waals surface area contributed by atoms with E-state index in [4.69, 9.17) is 0 Å². The Balaban J connectivity index is 2.09. The molecule has 0 saturated heterocycles. The van der Waals surface area contributed by atoms with Crippen LogP contribution in [0, 0.1) is 6.92 Å². The molecule has 0 bridgehead atoms. The monoisotopic (exact) mass is 291 g/mol. The lowest BCUT2D eigenvalue weighted by Gasteiger charge is -2.09. The summed E-state index contributed by atoms with van der Waals surface area (Å²) < 4.78 is 1.80. The Morgan fingerprint density at radius 3 is 2.41 bits per heavy atom. The summed E-state index contributed by atoms with van der Waals surface area (Å²) in [5.74, 6) is -0.0742. The maximum atomic E-state index is 11.9. The fraction of sp³-hybridized carbons (Fsp3) is 0.167. The average molecular weight is 291 g/mol. The van der Waals surface area contributed by atoms with Crippen LogP contribution in [0.1, 0.15) is 28.5 Å². The molecule has 4 nitrogen and oxygen atoms in total. The summed E-state index contributed by atoms with van der Waals surface area (Å²) in [6.45, 7) is 4.19. The van der Waals surface area contributed by atoms with Gasteiger partial charge in [0, 0.05) is 12.5 Å². The van der Waals surface area contributed by atoms with Crippen molar-refractivity contribution in [2.24, 2.45) is 0 Å². The molecule has 0 aliphatic heterocycles. The van der Waals surface area contributed by atoms with Crippen molar-refractivity contribution >= 4 is 5.78 Å². The molecule has 0 N–H and O–H groups in total. The molecule has 22 heavy (non-hydrogen) atoms. The Kier molecular flexibility index (Phi) is 3.83. The van der Waals surface area contributed by atoms with E-state index < -0.39 is 0 Å². The summed E-state index contributed by atoms with van der Waals surface area (Å²) in [7, 11) is 0. The Labute approximate surface area is 129 Å². The van der Waals surface area contributed by atoms with Crippen molar-refractivity contribution in [3.63, 3.8) is 0 Å². The number of rotatable bonds is 4. The fourth-order valence-corrected chi connectivity index (χ4v) is 2.49. The van der Waals surface area contributed by atoms with Crippen molar-refractivity contribution in [1.82, 2.24) is 15.0 Å². The minimum atomic E-state index is -0.0742. The number of carbonyl (C=O) groups is 1. The van der Waals surface area contributed by atoms with E-state index in [0.29, 0.717) is 12.2 Å². The van der Waals surface area contributed by atoms with Gasteiger partial charge < -0.3 is 0 Å². The van der Waals surface area contributed by atoms with Gasteiger partial charge in [0.05, 0.1) is 12.2 Å². The highest BCUT2D eigenvalue weighted by molar-refractivity contribution is 5.97. The molecule has 110 valence electrons. The standard InChI is InChI=1S/C18H17N3O/c1-13-8-6-7-11-16(13)12-21-18(15-9-4-3-5-10-15)17(14(2)22)19-20-21/h3-11H,12H2,1-2H3. The van der Waals surface area contributed by atoms with Gasteiger partial charge in [-0.05, 0) is 18.1 Å². The highest BCUT2D eigenvalue weighted by Gasteiger charge is 2.18. The van der Waals surface area contributed by atoms with Gasteiger partial charge in [-0.25, -0.2) is 4.68 Å². The van der Waals surface area contributed by atoms with Gasteiger partial charge in [0.25, 0.3) is 0 Å². The van der Waals surface area contributed by atoms with E-state index in [2.05, 4.69) is 29.4 Å². The molecule has 0 fully saturated rings. The lowest BCUT2D eigenvalue weighted by Crippen LogP contribution is -2.06. The van der Waals surface area contributed by atoms with E-state index in [9.17, 15) is 4.79 Å². The number of carbonyl (C=O) groups excluding carboxylic acids is 1. The molecule has 0 spiro atoms. The predicted octanol–water partition coefficient (Wildman–Crippen LogP) is 3.50. The topological polar surface area (TPSA) is 47.8 Å². The number of hydrogen-bond acceptors (Lipinski definition) is 3. The Morgan fingerprint density at radius 2 is 1.73 bits per heavy atom. The van der Waals surface area contributed by atoms with Crippen LogP contribution >= 0.6 is 0 Å². The van der Waals surface area contributed by atoms with E-state index in [-0.39, 0.29) is 5.78 Å². The first-order valence-electron chi connectivity index (χ1n) is 7.21. The van der Waals surface area contributed by atoms with Gasteiger partial charge in [-0.1, -0.05) is 59.8 Å². The van der Waals surface area contributed by atoms with Crippen LogP contribution in [0.25, 0.3) is 11.3 Å². The quantitative estimate of drug-likeness (QED) is 0.691. The molecule has 1 aromatic heterocycles. The SMILES string of the molecule is CC(=O)c1nnn(Cc2ccccc2C)c1-c1ccccc1. The summed E-state index contributed by atoms with van der Waals surface area (Å²) >= 11 is 0. The lowest BCUT2D eigenvalue weighted by atomic mass is 10.1. The largest absolute Gasteiger partial charge is 0.293 e. The molecular formula is C18H17N3O. The van der Waals surface area contributed by atoms with E-state index in [0.717, 1.165) is 11.3 Å². The summed E-state index contributed by atoms with van der Waals surface area (Å²) in [4.78, 5) is 11.9. The Morgan fingerprint density at radius 1 is 1.05 bits per heavy atom. The average Bonchev–Trinajstić information content (AvgIpc) is 2.94. The van der Waals surface area contributed by atoms with E-state index in [1.54, 1.807) is 4.68 Å². The normalized spacial score (nSPS) is 10.6. The summed E-state index contributed by atoms with van der Waals surface area (Å²) in [5.41, 5.74) is 4.50. The third-order valence-electron chi connectivity index (χ3n) is 3.70. The molecule has 0 radical (unpaired) electrons. The van der Waals surface area contributed by atoms with Crippen molar-refractivity contribution in [3.05, 3.63) is 71.4 Å². The summed E-state index contributed by atoms with van der Waals surface area (Å²) in [6, 6.07) is 18.0. The highest BCUT2D eigenvalue weighted by Crippen LogP contribution is 2.23. The zero-order valence-electron chi connectivity index (χ0n) is 12.7. The molecular weight excluding hydrogens is 274 g/mol. The third-order valence-corrected chi connectivity index (χ3v) is 3.70. The Hall–Kier alpha value is -2.75. The number of benzene rings is 2. The number of aryl methyl sites for hydroxylation is 1. The second kappa shape index (κ2) is 5.93. The van der Waals surface area contributed by atoms with Crippen LogP contribution in [-0.4, -0.2) is 20.8 Å². The van der Waals surface area contributed by atoms with Gasteiger partial charge in [0.1, 0.15) is 0 Å². The minimum Gasteiger partial charge on any atom is -0.293 e. The number of aromatic nitrogens is 3. The molecule has 0 unspecified atom stereocenters. The molecule has 0 saturated carbocycles. The molecule has 0 amide bonds. The molecule has 2 aromatic carbocycles. The van der Waals surface area contributed by atoms with Crippen LogP contribution in [-0.2, 0) is 6.54 Å². The molecule has 0 atom stereocenters. The van der Waals surface area contributed by atoms with Crippen LogP contribution in [0.4, 0.5) is 0 Å². The fourth-order valence-electron chi connectivity index (χ4n) is 2.49. The van der Waals surface area contributed by atoms with Crippen molar-refractivity contribution in [1.29, 1.82) is 0 Å². The maximum absolute atomic E-state index is 11.9. The highest BCUT2D eigenvalue weighted by atomic mass is 16.1. The number of Topliss-reactive ketones (excluding diaryl/α,β-unsaturated/α-hetero) is 1. The van der Waals surface area contributed by atoms with Gasteiger partial charge in [0.15, 0.2) is 11.5 Å². The third kappa shape index (κ3) is 2.68. The van der Waals surface area contributed by atoms with E-state index in [1.165, 1.54) is 18.1 Å². The van der Waals surface area contributed by atoms with Gasteiger partial charge >= 0.3 is 0 Å². The van der Waals surface area contributed by atoms with Gasteiger partial charge in [0.2, 0.25) is 0 Å². The van der Waals surface area contributed by atoms with Crippen LogP contribution in [0.2, 0.25) is 0 Å². The minimum absolute atomic E-state index is 0.0742. The van der Waals surface area contributed by atoms with Crippen molar-refractivity contribution in [2.75, 3.05) is 0 Å². The number of nitrogens with zero attached hydrogens (tertiary/aromatic N) is 3.